The lowest BCUT2D eigenvalue weighted by Gasteiger charge is -2.19. The number of nitrogens with one attached hydrogen (secondary N) is 1. The van der Waals surface area contributed by atoms with E-state index in [1.54, 1.807) is 25.4 Å². The molecule has 1 unspecified atom stereocenters. The zero-order valence-electron chi connectivity index (χ0n) is 16.7. The van der Waals surface area contributed by atoms with Gasteiger partial charge in [0.2, 0.25) is 0 Å². The number of anilines is 1. The van der Waals surface area contributed by atoms with Crippen LogP contribution in [0.1, 0.15) is 29.7 Å². The van der Waals surface area contributed by atoms with E-state index in [-0.39, 0.29) is 11.5 Å². The Hall–Kier alpha value is -2.70. The van der Waals surface area contributed by atoms with Crippen molar-refractivity contribution in [2.24, 2.45) is 0 Å². The lowest BCUT2D eigenvalue weighted by atomic mass is 9.99. The van der Waals surface area contributed by atoms with Crippen LogP contribution in [0.15, 0.2) is 62.6 Å². The second-order valence-corrected chi connectivity index (χ2v) is 8.33. The van der Waals surface area contributed by atoms with E-state index in [4.69, 9.17) is 16.0 Å². The molecule has 0 fully saturated rings. The number of fused-ring (bicyclic) bond motifs is 1. The van der Waals surface area contributed by atoms with Crippen LogP contribution in [0.25, 0.3) is 22.3 Å². The highest BCUT2D eigenvalue weighted by atomic mass is 79.9. The lowest BCUT2D eigenvalue weighted by molar-refractivity contribution is 0.605. The lowest BCUT2D eigenvalue weighted by Crippen LogP contribution is -2.12. The van der Waals surface area contributed by atoms with Crippen LogP contribution < -0.4 is 10.7 Å². The summed E-state index contributed by atoms with van der Waals surface area (Å²) in [6.45, 7) is 5.77. The van der Waals surface area contributed by atoms with Crippen LogP contribution in [-0.2, 0) is 0 Å². The summed E-state index contributed by atoms with van der Waals surface area (Å²) in [7, 11) is 0. The standard InChI is InChI=1S/C23H19BrClN3O2/c1-12-9-16(14(3)27-18-6-7-19(25)28-23(18)24)22-17(10-12)20(29)13(2)21(30-22)15-5-4-8-26-11-15/h4-11,14,27H,1-3H3. The zero-order chi connectivity index (χ0) is 21.4. The Kier molecular flexibility index (Phi) is 5.62. The molecule has 1 aromatic carbocycles. The van der Waals surface area contributed by atoms with Gasteiger partial charge < -0.3 is 9.73 Å². The smallest absolute Gasteiger partial charge is 0.196 e. The largest absolute Gasteiger partial charge is 0.455 e. The predicted octanol–water partition coefficient (Wildman–Crippen LogP) is 6.46. The van der Waals surface area contributed by atoms with E-state index >= 15 is 0 Å². The van der Waals surface area contributed by atoms with Crippen LogP contribution in [0.3, 0.4) is 0 Å². The second-order valence-electron chi connectivity index (χ2n) is 7.20. The number of halogens is 2. The quantitative estimate of drug-likeness (QED) is 0.337. The molecule has 1 N–H and O–H groups in total. The van der Waals surface area contributed by atoms with Gasteiger partial charge in [-0.25, -0.2) is 4.98 Å². The number of nitrogens with zero attached hydrogens (tertiary/aromatic N) is 2. The summed E-state index contributed by atoms with van der Waals surface area (Å²) >= 11 is 9.39. The van der Waals surface area contributed by atoms with Crippen LogP contribution in [0.2, 0.25) is 5.15 Å². The highest BCUT2D eigenvalue weighted by Gasteiger charge is 2.19. The maximum absolute atomic E-state index is 13.2. The van der Waals surface area contributed by atoms with Gasteiger partial charge in [0.25, 0.3) is 0 Å². The first-order valence-corrected chi connectivity index (χ1v) is 10.6. The molecule has 0 bridgehead atoms. The summed E-state index contributed by atoms with van der Waals surface area (Å²) in [5.74, 6) is 0.534. The number of aryl methyl sites for hydroxylation is 1. The minimum Gasteiger partial charge on any atom is -0.455 e. The van der Waals surface area contributed by atoms with Gasteiger partial charge >= 0.3 is 0 Å². The van der Waals surface area contributed by atoms with Crippen molar-refractivity contribution in [3.8, 4) is 11.3 Å². The van der Waals surface area contributed by atoms with Crippen molar-refractivity contribution >= 4 is 44.2 Å². The van der Waals surface area contributed by atoms with Crippen molar-refractivity contribution in [2.75, 3.05) is 5.32 Å². The van der Waals surface area contributed by atoms with Gasteiger partial charge in [-0.2, -0.15) is 0 Å². The van der Waals surface area contributed by atoms with Gasteiger partial charge in [0.15, 0.2) is 5.43 Å². The fourth-order valence-electron chi connectivity index (χ4n) is 3.49. The summed E-state index contributed by atoms with van der Waals surface area (Å²) in [4.78, 5) is 21.5. The minimum absolute atomic E-state index is 0.0402. The molecule has 4 rings (SSSR count). The van der Waals surface area contributed by atoms with E-state index in [0.717, 1.165) is 22.4 Å². The fourth-order valence-corrected chi connectivity index (χ4v) is 4.18. The maximum Gasteiger partial charge on any atom is 0.196 e. The van der Waals surface area contributed by atoms with Crippen molar-refractivity contribution in [2.45, 2.75) is 26.8 Å². The van der Waals surface area contributed by atoms with Crippen LogP contribution in [0, 0.1) is 13.8 Å². The molecule has 0 spiro atoms. The molecule has 0 saturated heterocycles. The fraction of sp³-hybridized carbons (Fsp3) is 0.174. The van der Waals surface area contributed by atoms with Gasteiger partial charge in [0, 0.05) is 29.1 Å². The van der Waals surface area contributed by atoms with Crippen molar-refractivity contribution < 1.29 is 4.42 Å². The molecule has 0 aliphatic carbocycles. The summed E-state index contributed by atoms with van der Waals surface area (Å²) in [5.41, 5.74) is 4.52. The molecule has 152 valence electrons. The molecule has 3 aromatic heterocycles. The number of pyridine rings is 2. The van der Waals surface area contributed by atoms with E-state index in [0.29, 0.717) is 32.0 Å². The highest BCUT2D eigenvalue weighted by molar-refractivity contribution is 9.10. The molecule has 3 heterocycles. The molecular weight excluding hydrogens is 466 g/mol. The number of hydrogen-bond donors (Lipinski definition) is 1. The number of hydrogen-bond acceptors (Lipinski definition) is 5. The van der Waals surface area contributed by atoms with Crippen LogP contribution in [0.4, 0.5) is 5.69 Å². The molecule has 0 aliphatic heterocycles. The van der Waals surface area contributed by atoms with E-state index in [9.17, 15) is 4.79 Å². The molecule has 7 heteroatoms. The Bertz CT molecular complexity index is 1310. The second kappa shape index (κ2) is 8.20. The predicted molar refractivity (Wildman–Crippen MR) is 124 cm³/mol. The zero-order valence-corrected chi connectivity index (χ0v) is 19.0. The Morgan fingerprint density at radius 1 is 1.20 bits per heavy atom. The van der Waals surface area contributed by atoms with Crippen molar-refractivity contribution in [1.82, 2.24) is 9.97 Å². The molecule has 30 heavy (non-hydrogen) atoms. The van der Waals surface area contributed by atoms with Crippen LogP contribution in [-0.4, -0.2) is 9.97 Å². The third kappa shape index (κ3) is 3.85. The average Bonchev–Trinajstić information content (AvgIpc) is 2.73. The first kappa shape index (κ1) is 20.6. The Balaban J connectivity index is 1.89. The van der Waals surface area contributed by atoms with Crippen LogP contribution in [0.5, 0.6) is 0 Å². The van der Waals surface area contributed by atoms with Gasteiger partial charge in [-0.1, -0.05) is 17.7 Å². The molecule has 0 radical (unpaired) electrons. The molecule has 1 atom stereocenters. The summed E-state index contributed by atoms with van der Waals surface area (Å²) in [5, 5.41) is 4.40. The van der Waals surface area contributed by atoms with Crippen LogP contribution >= 0.6 is 27.5 Å². The van der Waals surface area contributed by atoms with Crippen molar-refractivity contribution in [1.29, 1.82) is 0 Å². The summed E-state index contributed by atoms with van der Waals surface area (Å²) in [6, 6.07) is 11.0. The van der Waals surface area contributed by atoms with Gasteiger partial charge in [0.05, 0.1) is 17.1 Å². The van der Waals surface area contributed by atoms with Gasteiger partial charge in [-0.3, -0.25) is 9.78 Å². The number of rotatable bonds is 4. The van der Waals surface area contributed by atoms with Gasteiger partial charge in [0.1, 0.15) is 21.1 Å². The first-order valence-electron chi connectivity index (χ1n) is 9.42. The summed E-state index contributed by atoms with van der Waals surface area (Å²) in [6.07, 6.45) is 3.39. The number of aromatic nitrogens is 2. The highest BCUT2D eigenvalue weighted by Crippen LogP contribution is 2.33. The normalized spacial score (nSPS) is 12.2. The third-order valence-electron chi connectivity index (χ3n) is 4.97. The number of benzene rings is 1. The Labute approximate surface area is 187 Å². The van der Waals surface area contributed by atoms with E-state index in [1.165, 1.54) is 0 Å². The SMILES string of the molecule is Cc1cc(C(C)Nc2ccc(Cl)nc2Br)c2oc(-c3cccnc3)c(C)c(=O)c2c1. The monoisotopic (exact) mass is 483 g/mol. The van der Waals surface area contributed by atoms with Crippen molar-refractivity contribution in [3.63, 3.8) is 0 Å². The maximum atomic E-state index is 13.2. The molecule has 5 nitrogen and oxygen atoms in total. The Morgan fingerprint density at radius 3 is 2.70 bits per heavy atom. The van der Waals surface area contributed by atoms with Gasteiger partial charge in [-0.05, 0) is 72.6 Å². The average molecular weight is 485 g/mol. The van der Waals surface area contributed by atoms with E-state index < -0.39 is 0 Å². The topological polar surface area (TPSA) is 68.0 Å². The van der Waals surface area contributed by atoms with E-state index in [2.05, 4.69) is 31.2 Å². The molecule has 0 aliphatic rings. The third-order valence-corrected chi connectivity index (χ3v) is 5.78. The molecular formula is C23H19BrClN3O2. The molecule has 0 amide bonds. The van der Waals surface area contributed by atoms with E-state index in [1.807, 2.05) is 44.2 Å². The molecule has 0 saturated carbocycles. The van der Waals surface area contributed by atoms with Gasteiger partial charge in [-0.15, -0.1) is 0 Å². The first-order chi connectivity index (χ1) is 14.3. The minimum atomic E-state index is -0.153. The summed E-state index contributed by atoms with van der Waals surface area (Å²) < 4.78 is 6.94. The Morgan fingerprint density at radius 2 is 2.00 bits per heavy atom. The van der Waals surface area contributed by atoms with Crippen molar-refractivity contribution in [3.05, 3.63) is 85.5 Å². The molecule has 4 aromatic rings.